The summed E-state index contributed by atoms with van der Waals surface area (Å²) in [6.07, 6.45) is 14.9. The van der Waals surface area contributed by atoms with Gasteiger partial charge in [-0.3, -0.25) is 0 Å². The van der Waals surface area contributed by atoms with Crippen molar-refractivity contribution in [3.05, 3.63) is 162 Å². The van der Waals surface area contributed by atoms with E-state index in [1.54, 1.807) is 0 Å². The third kappa shape index (κ3) is 8.10. The molecular weight excluding hydrogens is 526 g/mol. The first-order valence-corrected chi connectivity index (χ1v) is 13.7. The fraction of sp³-hybridized carbons (Fsp3) is 0.0606. The van der Waals surface area contributed by atoms with Crippen LogP contribution in [-0.4, -0.2) is 24.4 Å². The van der Waals surface area contributed by atoms with Crippen molar-refractivity contribution in [3.8, 4) is 0 Å². The lowest BCUT2D eigenvalue weighted by molar-refractivity contribution is -2.00. The van der Waals surface area contributed by atoms with E-state index in [0.717, 1.165) is 50.6 Å². The summed E-state index contributed by atoms with van der Waals surface area (Å²) in [5.41, 5.74) is 7.90. The van der Waals surface area contributed by atoms with Gasteiger partial charge in [0.25, 0.3) is 0 Å². The maximum Gasteiger partial charge on any atom is 0.207 e. The quantitative estimate of drug-likeness (QED) is 0.462. The minimum atomic E-state index is -4.94. The van der Waals surface area contributed by atoms with Crippen LogP contribution >= 0.6 is 0 Å². The fourth-order valence-electron chi connectivity index (χ4n) is 4.30. The second-order valence-corrected chi connectivity index (χ2v) is 9.81. The van der Waals surface area contributed by atoms with Gasteiger partial charge in [0.05, 0.1) is 5.57 Å². The summed E-state index contributed by atoms with van der Waals surface area (Å²) in [7, 11) is -0.787. The monoisotopic (exact) mass is 553 g/mol. The van der Waals surface area contributed by atoms with Gasteiger partial charge in [-0.05, 0) is 46.6 Å². The summed E-state index contributed by atoms with van der Waals surface area (Å²) in [6, 6.07) is 31.2. The van der Waals surface area contributed by atoms with E-state index in [0.29, 0.717) is 0 Å². The number of allylic oxidation sites excluding steroid dienone is 10. The van der Waals surface area contributed by atoms with E-state index in [2.05, 4.69) is 122 Å². The molecule has 0 aromatic heterocycles. The van der Waals surface area contributed by atoms with Crippen LogP contribution in [0.2, 0.25) is 0 Å². The van der Waals surface area contributed by atoms with Gasteiger partial charge in [0.15, 0.2) is 0 Å². The normalized spacial score (nSPS) is 16.9. The highest BCUT2D eigenvalue weighted by Gasteiger charge is 2.20. The van der Waals surface area contributed by atoms with Crippen molar-refractivity contribution < 1.29 is 38.2 Å². The molecule has 1 aliphatic carbocycles. The molecule has 202 valence electrons. The lowest BCUT2D eigenvalue weighted by Gasteiger charge is -2.20. The fourth-order valence-corrected chi connectivity index (χ4v) is 4.30. The van der Waals surface area contributed by atoms with Gasteiger partial charge in [0.1, 0.15) is 25.6 Å². The van der Waals surface area contributed by atoms with Crippen molar-refractivity contribution >= 4 is 22.6 Å². The lowest BCUT2D eigenvalue weighted by atomic mass is 9.92. The second kappa shape index (κ2) is 13.2. The first kappa shape index (κ1) is 28.7. The standard InChI is InChI=1S/C33H28NO.ClHO4/c1-34(2)32-21-13-12-20-30(32)31(26-16-8-4-9-17-26)24-29-22-28(25-14-6-3-7-15-25)23-33(35-29)27-18-10-5-11-19-27;2-1(3,4)5/h3-24H,1-2H3;(H,2,3,4,5)/q+1;/p-1/b29-24-,31-30-;. The number of halogens is 1. The molecule has 0 amide bonds. The van der Waals surface area contributed by atoms with Crippen LogP contribution in [0, 0.1) is 10.2 Å². The summed E-state index contributed by atoms with van der Waals surface area (Å²) in [5.74, 6) is 1.64. The zero-order chi connectivity index (χ0) is 28.5. The van der Waals surface area contributed by atoms with Crippen molar-refractivity contribution in [2.75, 3.05) is 14.1 Å². The molecule has 0 unspecified atom stereocenters. The molecule has 0 N–H and O–H groups in total. The molecule has 0 spiro atoms. The van der Waals surface area contributed by atoms with Crippen LogP contribution in [0.5, 0.6) is 0 Å². The summed E-state index contributed by atoms with van der Waals surface area (Å²) in [6.45, 7) is 0. The molecule has 3 aromatic rings. The first-order valence-electron chi connectivity index (χ1n) is 12.4. The Morgan fingerprint density at radius 1 is 0.700 bits per heavy atom. The molecule has 0 saturated heterocycles. The van der Waals surface area contributed by atoms with Gasteiger partial charge in [0, 0.05) is 11.6 Å². The van der Waals surface area contributed by atoms with Gasteiger partial charge >= 0.3 is 0 Å². The number of nitrogens with zero attached hydrogens (tertiary/aromatic N) is 1. The van der Waals surface area contributed by atoms with E-state index in [1.807, 2.05) is 30.3 Å². The van der Waals surface area contributed by atoms with Gasteiger partial charge in [-0.1, -0.05) is 103 Å². The lowest BCUT2D eigenvalue weighted by Crippen LogP contribution is -2.68. The van der Waals surface area contributed by atoms with Crippen molar-refractivity contribution in [1.82, 2.24) is 0 Å². The molecule has 0 bridgehead atoms. The van der Waals surface area contributed by atoms with Crippen LogP contribution in [0.25, 0.3) is 16.9 Å². The largest absolute Gasteiger partial charge is 0.457 e. The van der Waals surface area contributed by atoms with E-state index in [9.17, 15) is 0 Å². The van der Waals surface area contributed by atoms with Gasteiger partial charge in [-0.15, -0.1) is 10.2 Å². The van der Waals surface area contributed by atoms with E-state index in [-0.39, 0.29) is 0 Å². The van der Waals surface area contributed by atoms with Crippen LogP contribution in [0.3, 0.4) is 0 Å². The predicted molar refractivity (Wildman–Crippen MR) is 147 cm³/mol. The zero-order valence-corrected chi connectivity index (χ0v) is 22.8. The highest BCUT2D eigenvalue weighted by molar-refractivity contribution is 6.14. The van der Waals surface area contributed by atoms with Crippen molar-refractivity contribution in [1.29, 1.82) is 0 Å². The molecule has 6 nitrogen and oxygen atoms in total. The smallest absolute Gasteiger partial charge is 0.207 e. The molecular formula is C33H28ClNO5. The molecule has 2 aliphatic rings. The third-order valence-corrected chi connectivity index (χ3v) is 6.03. The Labute approximate surface area is 236 Å². The van der Waals surface area contributed by atoms with E-state index >= 15 is 0 Å². The molecule has 5 rings (SSSR count). The maximum atomic E-state index is 8.49. The van der Waals surface area contributed by atoms with Gasteiger partial charge in [0.2, 0.25) is 5.71 Å². The summed E-state index contributed by atoms with van der Waals surface area (Å²) in [4.78, 5) is 0. The molecule has 0 saturated carbocycles. The number of rotatable bonds is 4. The molecule has 0 radical (unpaired) electrons. The summed E-state index contributed by atoms with van der Waals surface area (Å²) >= 11 is 0. The minimum absolute atomic E-state index is 0.803. The molecule has 1 aliphatic heterocycles. The number of ether oxygens (including phenoxy) is 1. The molecule has 0 atom stereocenters. The van der Waals surface area contributed by atoms with Crippen LogP contribution in [0.1, 0.15) is 16.7 Å². The molecule has 0 fully saturated rings. The van der Waals surface area contributed by atoms with E-state index in [1.165, 1.54) is 0 Å². The second-order valence-electron chi connectivity index (χ2n) is 9.06. The minimum Gasteiger partial charge on any atom is -0.457 e. The Kier molecular flexibility index (Phi) is 9.45. The van der Waals surface area contributed by atoms with Crippen LogP contribution in [0.4, 0.5) is 0 Å². The highest BCUT2D eigenvalue weighted by Crippen LogP contribution is 2.34. The third-order valence-electron chi connectivity index (χ3n) is 6.03. The van der Waals surface area contributed by atoms with E-state index in [4.69, 9.17) is 23.4 Å². The number of hydrogen-bond acceptors (Lipinski definition) is 5. The van der Waals surface area contributed by atoms with Gasteiger partial charge in [-0.25, -0.2) is 23.2 Å². The summed E-state index contributed by atoms with van der Waals surface area (Å²) < 4.78 is 42.6. The molecule has 3 aromatic carbocycles. The van der Waals surface area contributed by atoms with Crippen molar-refractivity contribution in [2.24, 2.45) is 0 Å². The summed E-state index contributed by atoms with van der Waals surface area (Å²) in [5, 5.41) is 0. The Balaban J connectivity index is 0.000000681. The zero-order valence-electron chi connectivity index (χ0n) is 22.1. The van der Waals surface area contributed by atoms with Gasteiger partial charge < -0.3 is 4.74 Å². The Morgan fingerprint density at radius 2 is 1.23 bits per heavy atom. The topological polar surface area (TPSA) is 104 Å². The van der Waals surface area contributed by atoms with Crippen molar-refractivity contribution in [3.63, 3.8) is 0 Å². The molecule has 40 heavy (non-hydrogen) atoms. The number of benzene rings is 3. The SMILES string of the molecule is C[N+](C)=C1C=CC=C/C1=C(\C=C1\C=C(c2ccccc2)C=C(c2ccccc2)O1)c1ccccc1.[O-][Cl+3]([O-])([O-])[O-]. The number of hydrogen-bond donors (Lipinski definition) is 0. The molecule has 7 heteroatoms. The Morgan fingerprint density at radius 3 is 1.80 bits per heavy atom. The molecule has 1 heterocycles. The average molecular weight is 554 g/mol. The Bertz CT molecular complexity index is 1530. The van der Waals surface area contributed by atoms with Crippen LogP contribution in [0.15, 0.2) is 145 Å². The van der Waals surface area contributed by atoms with Crippen molar-refractivity contribution in [2.45, 2.75) is 0 Å². The van der Waals surface area contributed by atoms with Gasteiger partial charge in [-0.2, -0.15) is 0 Å². The predicted octanol–water partition coefficient (Wildman–Crippen LogP) is 2.56. The average Bonchev–Trinajstić information content (AvgIpc) is 2.96. The van der Waals surface area contributed by atoms with E-state index < -0.39 is 10.2 Å². The highest BCUT2D eigenvalue weighted by atomic mass is 35.7. The maximum absolute atomic E-state index is 8.49. The van der Waals surface area contributed by atoms with Crippen LogP contribution in [-0.2, 0) is 4.74 Å². The van der Waals surface area contributed by atoms with Crippen LogP contribution < -0.4 is 18.6 Å². The first-order chi connectivity index (χ1) is 19.2. The Hall–Kier alpha value is -4.30.